The number of rotatable bonds is 7. The van der Waals surface area contributed by atoms with Crippen LogP contribution >= 0.6 is 24.0 Å². The third-order valence-electron chi connectivity index (χ3n) is 4.46. The van der Waals surface area contributed by atoms with Crippen LogP contribution in [0, 0.1) is 0 Å². The fourth-order valence-corrected chi connectivity index (χ4v) is 4.21. The first kappa shape index (κ1) is 22.0. The van der Waals surface area contributed by atoms with Crippen molar-refractivity contribution in [1.82, 2.24) is 4.90 Å². The molecular weight excluding hydrogens is 429 g/mol. The molecule has 1 saturated heterocycles. The first-order valence-corrected chi connectivity index (χ1v) is 10.4. The predicted molar refractivity (Wildman–Crippen MR) is 117 cm³/mol. The molecule has 9 heteroatoms. The molecule has 1 aromatic rings. The number of carbonyl (C=O) groups is 2. The predicted octanol–water partition coefficient (Wildman–Crippen LogP) is 4.32. The van der Waals surface area contributed by atoms with E-state index in [1.165, 1.54) is 7.11 Å². The van der Waals surface area contributed by atoms with Gasteiger partial charge in [0.25, 0.3) is 5.91 Å². The number of benzene rings is 1. The Bertz CT molecular complexity index is 970. The number of hydrogen-bond donors (Lipinski definition) is 1. The second-order valence-corrected chi connectivity index (χ2v) is 8.25. The Labute approximate surface area is 183 Å². The molecule has 3 rings (SSSR count). The first-order chi connectivity index (χ1) is 14.4. The van der Waals surface area contributed by atoms with Crippen molar-refractivity contribution in [3.05, 3.63) is 52.2 Å². The fourth-order valence-electron chi connectivity index (χ4n) is 2.95. The molecule has 158 valence electrons. The molecular formula is C21H20FNO5S2. The van der Waals surface area contributed by atoms with Crippen LogP contribution in [-0.2, 0) is 9.59 Å². The van der Waals surface area contributed by atoms with Crippen LogP contribution in [0.3, 0.4) is 0 Å². The number of allylic oxidation sites excluding steroid dienone is 2. The Morgan fingerprint density at radius 2 is 2.10 bits per heavy atom. The van der Waals surface area contributed by atoms with Gasteiger partial charge in [-0.3, -0.25) is 14.5 Å². The molecule has 0 saturated carbocycles. The summed E-state index contributed by atoms with van der Waals surface area (Å²) in [7, 11) is 1.50. The second-order valence-electron chi connectivity index (χ2n) is 6.57. The fraction of sp³-hybridized carbons (Fsp3) is 0.286. The summed E-state index contributed by atoms with van der Waals surface area (Å²) in [6.07, 6.45) is 7.40. The molecule has 0 unspecified atom stereocenters. The molecule has 0 bridgehead atoms. The lowest BCUT2D eigenvalue weighted by molar-refractivity contribution is -0.140. The molecule has 1 fully saturated rings. The summed E-state index contributed by atoms with van der Waals surface area (Å²) in [4.78, 5) is 24.7. The minimum atomic E-state index is -1.14. The average molecular weight is 450 g/mol. The summed E-state index contributed by atoms with van der Waals surface area (Å²) in [5.41, 5.74) is 1.14. The standard InChI is InChI=1S/C21H20FNO5S2/c1-27-16-8-7-13(10-18-20(26)23(11-19(24)25)21(29)30-18)9-17(16)28-12-14-5-3-2-4-6-15(14)22/h5-10H,2-4,11-12H2,1H3,(H,24,25)/b18-10-. The Balaban J connectivity index is 1.80. The van der Waals surface area contributed by atoms with Crippen LogP contribution in [0.5, 0.6) is 11.5 Å². The number of ether oxygens (including phenoxy) is 2. The van der Waals surface area contributed by atoms with Crippen molar-refractivity contribution >= 4 is 46.3 Å². The van der Waals surface area contributed by atoms with Gasteiger partial charge in [0.2, 0.25) is 0 Å². The van der Waals surface area contributed by atoms with Gasteiger partial charge in [0.1, 0.15) is 23.3 Å². The molecule has 1 aliphatic carbocycles. The number of thioether (sulfide) groups is 1. The van der Waals surface area contributed by atoms with E-state index in [1.54, 1.807) is 30.4 Å². The van der Waals surface area contributed by atoms with Gasteiger partial charge >= 0.3 is 5.97 Å². The van der Waals surface area contributed by atoms with Crippen molar-refractivity contribution in [3.63, 3.8) is 0 Å². The number of carboxylic acid groups (broad SMARTS) is 1. The van der Waals surface area contributed by atoms with E-state index in [0.717, 1.165) is 29.5 Å². The summed E-state index contributed by atoms with van der Waals surface area (Å²) in [6.45, 7) is -0.421. The van der Waals surface area contributed by atoms with Gasteiger partial charge in [-0.05, 0) is 49.1 Å². The quantitative estimate of drug-likeness (QED) is 0.491. The maximum Gasteiger partial charge on any atom is 0.323 e. The van der Waals surface area contributed by atoms with Crippen molar-refractivity contribution < 1.29 is 28.6 Å². The number of thiocarbonyl (C=S) groups is 1. The van der Waals surface area contributed by atoms with Crippen molar-refractivity contribution in [3.8, 4) is 11.5 Å². The van der Waals surface area contributed by atoms with E-state index in [-0.39, 0.29) is 16.8 Å². The van der Waals surface area contributed by atoms with E-state index in [9.17, 15) is 14.0 Å². The van der Waals surface area contributed by atoms with Crippen LogP contribution in [-0.4, -0.2) is 46.5 Å². The summed E-state index contributed by atoms with van der Waals surface area (Å²) in [5, 5.41) is 8.93. The highest BCUT2D eigenvalue weighted by molar-refractivity contribution is 8.26. The zero-order valence-corrected chi connectivity index (χ0v) is 17.9. The summed E-state index contributed by atoms with van der Waals surface area (Å²) in [5.74, 6) is -0.984. The monoisotopic (exact) mass is 449 g/mol. The van der Waals surface area contributed by atoms with Crippen LogP contribution in [0.25, 0.3) is 6.08 Å². The number of nitrogens with zero attached hydrogens (tertiary/aromatic N) is 1. The number of carbonyl (C=O) groups excluding carboxylic acids is 1. The van der Waals surface area contributed by atoms with Crippen molar-refractivity contribution in [2.45, 2.75) is 19.3 Å². The van der Waals surface area contributed by atoms with E-state index >= 15 is 0 Å². The topological polar surface area (TPSA) is 76.1 Å². The van der Waals surface area contributed by atoms with Gasteiger partial charge in [-0.15, -0.1) is 0 Å². The molecule has 1 aromatic carbocycles. The Morgan fingerprint density at radius 3 is 2.83 bits per heavy atom. The van der Waals surface area contributed by atoms with Crippen molar-refractivity contribution in [2.24, 2.45) is 0 Å². The Morgan fingerprint density at radius 1 is 1.33 bits per heavy atom. The normalized spacial score (nSPS) is 18.2. The van der Waals surface area contributed by atoms with Crippen LogP contribution in [0.15, 0.2) is 46.7 Å². The number of aliphatic carboxylic acids is 1. The summed E-state index contributed by atoms with van der Waals surface area (Å²) >= 11 is 6.14. The molecule has 30 heavy (non-hydrogen) atoms. The van der Waals surface area contributed by atoms with Gasteiger partial charge in [-0.2, -0.15) is 0 Å². The molecule has 0 spiro atoms. The lowest BCUT2D eigenvalue weighted by Crippen LogP contribution is -2.33. The first-order valence-electron chi connectivity index (χ1n) is 9.22. The molecule has 0 radical (unpaired) electrons. The highest BCUT2D eigenvalue weighted by Gasteiger charge is 2.33. The van der Waals surface area contributed by atoms with E-state index in [1.807, 2.05) is 6.08 Å². The zero-order chi connectivity index (χ0) is 21.7. The molecule has 1 heterocycles. The SMILES string of the molecule is COc1ccc(/C=C2\SC(=S)N(CC(=O)O)C2=O)cc1OCC1=CCCCC=C1F. The van der Waals surface area contributed by atoms with E-state index in [2.05, 4.69) is 0 Å². The average Bonchev–Trinajstić information content (AvgIpc) is 2.86. The smallest absolute Gasteiger partial charge is 0.323 e. The van der Waals surface area contributed by atoms with Crippen molar-refractivity contribution in [2.75, 3.05) is 20.3 Å². The maximum absolute atomic E-state index is 14.1. The zero-order valence-electron chi connectivity index (χ0n) is 16.2. The molecule has 1 amide bonds. The van der Waals surface area contributed by atoms with Gasteiger partial charge in [-0.1, -0.05) is 36.1 Å². The minimum absolute atomic E-state index is 0.0584. The van der Waals surface area contributed by atoms with Crippen molar-refractivity contribution in [1.29, 1.82) is 0 Å². The molecule has 0 aromatic heterocycles. The van der Waals surface area contributed by atoms with Gasteiger partial charge in [-0.25, -0.2) is 4.39 Å². The highest BCUT2D eigenvalue weighted by atomic mass is 32.2. The van der Waals surface area contributed by atoms with Gasteiger partial charge in [0, 0.05) is 5.57 Å². The third kappa shape index (κ3) is 5.28. The summed E-state index contributed by atoms with van der Waals surface area (Å²) in [6, 6.07) is 5.11. The summed E-state index contributed by atoms with van der Waals surface area (Å²) < 4.78 is 25.5. The Hall–Kier alpha value is -2.65. The highest BCUT2D eigenvalue weighted by Crippen LogP contribution is 2.35. The van der Waals surface area contributed by atoms with E-state index in [4.69, 9.17) is 26.8 Å². The molecule has 0 atom stereocenters. The largest absolute Gasteiger partial charge is 0.493 e. The minimum Gasteiger partial charge on any atom is -0.493 e. The van der Waals surface area contributed by atoms with Gasteiger partial charge < -0.3 is 14.6 Å². The third-order valence-corrected chi connectivity index (χ3v) is 5.84. The second kappa shape index (κ2) is 9.90. The van der Waals surface area contributed by atoms with Gasteiger partial charge in [0.05, 0.1) is 12.0 Å². The van der Waals surface area contributed by atoms with Crippen LogP contribution in [0.2, 0.25) is 0 Å². The lowest BCUT2D eigenvalue weighted by Gasteiger charge is -2.13. The molecule has 6 nitrogen and oxygen atoms in total. The number of methoxy groups -OCH3 is 1. The Kier molecular flexibility index (Phi) is 7.28. The number of amides is 1. The maximum atomic E-state index is 14.1. The van der Waals surface area contributed by atoms with Crippen LogP contribution in [0.1, 0.15) is 24.8 Å². The van der Waals surface area contributed by atoms with E-state index in [0.29, 0.717) is 34.0 Å². The molecule has 1 N–H and O–H groups in total. The van der Waals surface area contributed by atoms with E-state index < -0.39 is 18.4 Å². The number of carboxylic acids is 1. The number of halogens is 1. The molecule has 2 aliphatic rings. The molecule has 1 aliphatic heterocycles. The number of hydrogen-bond acceptors (Lipinski definition) is 6. The van der Waals surface area contributed by atoms with Gasteiger partial charge in [0.15, 0.2) is 11.5 Å². The van der Waals surface area contributed by atoms with Crippen LogP contribution < -0.4 is 9.47 Å². The van der Waals surface area contributed by atoms with Crippen LogP contribution in [0.4, 0.5) is 4.39 Å². The lowest BCUT2D eigenvalue weighted by atomic mass is 10.1.